The van der Waals surface area contributed by atoms with Crippen molar-refractivity contribution in [2.24, 2.45) is 5.92 Å². The van der Waals surface area contributed by atoms with Crippen molar-refractivity contribution in [2.45, 2.75) is 37.8 Å². The lowest BCUT2D eigenvalue weighted by Crippen LogP contribution is -2.48. The Morgan fingerprint density at radius 1 is 1.04 bits per heavy atom. The lowest BCUT2D eigenvalue weighted by molar-refractivity contribution is 0.0304. The first-order valence-corrected chi connectivity index (χ1v) is 8.85. The summed E-state index contributed by atoms with van der Waals surface area (Å²) in [6.07, 6.45) is 6.35. The van der Waals surface area contributed by atoms with Gasteiger partial charge in [-0.05, 0) is 43.7 Å². The molecule has 1 aromatic heterocycles. The highest BCUT2D eigenvalue weighted by Gasteiger charge is 2.39. The number of rotatable bonds is 2. The number of amides is 1. The summed E-state index contributed by atoms with van der Waals surface area (Å²) < 4.78 is 5.51. The standard InChI is InChI=1S/C18H25N3O2/c22-18(17-3-1-2-8-19-17)21-12-14-4-5-16(21)13-20(11-14)15-6-9-23-10-7-15/h1-3,8,14-16H,4-7,9-13H2/t14-,16+/m1/s1. The van der Waals surface area contributed by atoms with E-state index in [4.69, 9.17) is 4.74 Å². The molecule has 124 valence electrons. The molecule has 4 aliphatic heterocycles. The van der Waals surface area contributed by atoms with Crippen LogP contribution in [0.5, 0.6) is 0 Å². The first kappa shape index (κ1) is 15.1. The van der Waals surface area contributed by atoms with Crippen molar-refractivity contribution in [2.75, 3.05) is 32.8 Å². The molecule has 0 spiro atoms. The van der Waals surface area contributed by atoms with Gasteiger partial charge in [0.2, 0.25) is 0 Å². The predicted octanol–water partition coefficient (Wildman–Crippen LogP) is 1.80. The smallest absolute Gasteiger partial charge is 0.272 e. The zero-order valence-corrected chi connectivity index (χ0v) is 13.6. The summed E-state index contributed by atoms with van der Waals surface area (Å²) in [7, 11) is 0. The summed E-state index contributed by atoms with van der Waals surface area (Å²) in [5, 5.41) is 0. The van der Waals surface area contributed by atoms with Crippen LogP contribution in [0.2, 0.25) is 0 Å². The van der Waals surface area contributed by atoms with Crippen LogP contribution >= 0.6 is 0 Å². The topological polar surface area (TPSA) is 45.7 Å². The van der Waals surface area contributed by atoms with Crippen molar-refractivity contribution in [3.63, 3.8) is 0 Å². The van der Waals surface area contributed by atoms with Crippen LogP contribution in [-0.2, 0) is 4.74 Å². The molecule has 5 heterocycles. The van der Waals surface area contributed by atoms with Gasteiger partial charge >= 0.3 is 0 Å². The van der Waals surface area contributed by atoms with Crippen LogP contribution < -0.4 is 0 Å². The second-order valence-corrected chi connectivity index (χ2v) is 7.07. The van der Waals surface area contributed by atoms with Gasteiger partial charge in [-0.25, -0.2) is 0 Å². The summed E-state index contributed by atoms with van der Waals surface area (Å²) >= 11 is 0. The maximum absolute atomic E-state index is 12.9. The molecule has 0 N–H and O–H groups in total. The Morgan fingerprint density at radius 3 is 2.70 bits per heavy atom. The molecule has 5 nitrogen and oxygen atoms in total. The van der Waals surface area contributed by atoms with Gasteiger partial charge in [0.05, 0.1) is 0 Å². The van der Waals surface area contributed by atoms with E-state index in [1.165, 1.54) is 6.42 Å². The fourth-order valence-electron chi connectivity index (χ4n) is 4.35. The molecule has 4 aliphatic rings. The van der Waals surface area contributed by atoms with Crippen molar-refractivity contribution >= 4 is 5.91 Å². The number of carbonyl (C=O) groups excluding carboxylic acids is 1. The normalized spacial score (nSPS) is 29.5. The molecule has 2 bridgehead atoms. The molecule has 5 heteroatoms. The summed E-state index contributed by atoms with van der Waals surface area (Å²) in [6, 6.07) is 6.56. The largest absolute Gasteiger partial charge is 0.381 e. The number of nitrogens with zero attached hydrogens (tertiary/aromatic N) is 3. The van der Waals surface area contributed by atoms with Crippen LogP contribution in [0, 0.1) is 5.92 Å². The molecule has 4 fully saturated rings. The third kappa shape index (κ3) is 3.12. The predicted molar refractivity (Wildman–Crippen MR) is 87.2 cm³/mol. The van der Waals surface area contributed by atoms with Crippen molar-refractivity contribution in [1.82, 2.24) is 14.8 Å². The third-order valence-corrected chi connectivity index (χ3v) is 5.59. The average molecular weight is 315 g/mol. The van der Waals surface area contributed by atoms with Crippen molar-refractivity contribution in [1.29, 1.82) is 0 Å². The Labute approximate surface area is 137 Å². The highest BCUT2D eigenvalue weighted by molar-refractivity contribution is 5.92. The highest BCUT2D eigenvalue weighted by atomic mass is 16.5. The maximum Gasteiger partial charge on any atom is 0.272 e. The molecule has 2 atom stereocenters. The van der Waals surface area contributed by atoms with Gasteiger partial charge in [0.1, 0.15) is 5.69 Å². The van der Waals surface area contributed by atoms with E-state index in [-0.39, 0.29) is 5.91 Å². The summed E-state index contributed by atoms with van der Waals surface area (Å²) in [4.78, 5) is 21.8. The number of hydrogen-bond acceptors (Lipinski definition) is 4. The van der Waals surface area contributed by atoms with Crippen molar-refractivity contribution in [3.05, 3.63) is 30.1 Å². The second kappa shape index (κ2) is 6.57. The van der Waals surface area contributed by atoms with E-state index >= 15 is 0 Å². The third-order valence-electron chi connectivity index (χ3n) is 5.59. The van der Waals surface area contributed by atoms with Gasteiger partial charge in [-0.1, -0.05) is 6.07 Å². The van der Waals surface area contributed by atoms with Crippen LogP contribution in [-0.4, -0.2) is 65.6 Å². The fraction of sp³-hybridized carbons (Fsp3) is 0.667. The van der Waals surface area contributed by atoms with E-state index in [1.807, 2.05) is 18.2 Å². The molecule has 0 aliphatic carbocycles. The average Bonchev–Trinajstić information content (AvgIpc) is 2.94. The number of hydrogen-bond donors (Lipinski definition) is 0. The molecule has 5 rings (SSSR count). The van der Waals surface area contributed by atoms with Crippen molar-refractivity contribution < 1.29 is 9.53 Å². The molecular formula is C18H25N3O2. The van der Waals surface area contributed by atoms with Crippen LogP contribution in [0.15, 0.2) is 24.4 Å². The number of aromatic nitrogens is 1. The van der Waals surface area contributed by atoms with Crippen LogP contribution in [0.4, 0.5) is 0 Å². The molecule has 1 amide bonds. The van der Waals surface area contributed by atoms with Gasteiger partial charge in [0, 0.05) is 51.1 Å². The first-order valence-electron chi connectivity index (χ1n) is 8.85. The number of pyridine rings is 1. The zero-order valence-electron chi connectivity index (χ0n) is 13.6. The van der Waals surface area contributed by atoms with E-state index in [1.54, 1.807) is 6.20 Å². The number of piperidine rings is 1. The first-order chi connectivity index (χ1) is 11.3. The number of ether oxygens (including phenoxy) is 1. The monoisotopic (exact) mass is 315 g/mol. The van der Waals surface area contributed by atoms with Crippen LogP contribution in [0.3, 0.4) is 0 Å². The second-order valence-electron chi connectivity index (χ2n) is 7.07. The highest BCUT2D eigenvalue weighted by Crippen LogP contribution is 2.31. The Morgan fingerprint density at radius 2 is 1.91 bits per heavy atom. The number of fused-ring (bicyclic) bond motifs is 4. The van der Waals surface area contributed by atoms with E-state index in [2.05, 4.69) is 14.8 Å². The minimum atomic E-state index is 0.106. The quantitative estimate of drug-likeness (QED) is 0.835. The van der Waals surface area contributed by atoms with Gasteiger partial charge in [0.25, 0.3) is 5.91 Å². The van der Waals surface area contributed by atoms with E-state index in [0.717, 1.165) is 52.1 Å². The SMILES string of the molecule is O=C(c1ccccn1)N1C[C@@H]2CC[C@H]1CN(C1CCOCC1)C2. The minimum absolute atomic E-state index is 0.106. The zero-order chi connectivity index (χ0) is 15.6. The molecule has 0 radical (unpaired) electrons. The van der Waals surface area contributed by atoms with E-state index < -0.39 is 0 Å². The summed E-state index contributed by atoms with van der Waals surface area (Å²) in [5.74, 6) is 0.707. The molecule has 23 heavy (non-hydrogen) atoms. The Balaban J connectivity index is 1.50. The lowest BCUT2D eigenvalue weighted by atomic mass is 9.94. The lowest BCUT2D eigenvalue weighted by Gasteiger charge is -2.36. The van der Waals surface area contributed by atoms with Gasteiger partial charge in [-0.2, -0.15) is 0 Å². The van der Waals surface area contributed by atoms with Crippen molar-refractivity contribution in [3.8, 4) is 0 Å². The van der Waals surface area contributed by atoms with Gasteiger partial charge in [-0.15, -0.1) is 0 Å². The van der Waals surface area contributed by atoms with E-state index in [0.29, 0.717) is 23.7 Å². The molecule has 0 aromatic carbocycles. The number of carbonyl (C=O) groups is 1. The van der Waals surface area contributed by atoms with Crippen LogP contribution in [0.1, 0.15) is 36.2 Å². The van der Waals surface area contributed by atoms with Gasteiger partial charge in [0.15, 0.2) is 0 Å². The Bertz CT molecular complexity index is 544. The minimum Gasteiger partial charge on any atom is -0.381 e. The fourth-order valence-corrected chi connectivity index (χ4v) is 4.35. The molecule has 1 aromatic rings. The molecule has 0 unspecified atom stereocenters. The summed E-state index contributed by atoms with van der Waals surface area (Å²) in [6.45, 7) is 4.80. The van der Waals surface area contributed by atoms with Crippen LogP contribution in [0.25, 0.3) is 0 Å². The molecule has 4 saturated heterocycles. The summed E-state index contributed by atoms with van der Waals surface area (Å²) in [5.41, 5.74) is 0.581. The van der Waals surface area contributed by atoms with Gasteiger partial charge < -0.3 is 9.64 Å². The molecule has 0 saturated carbocycles. The van der Waals surface area contributed by atoms with E-state index in [9.17, 15) is 4.79 Å². The Hall–Kier alpha value is -1.46. The Kier molecular flexibility index (Phi) is 4.31. The van der Waals surface area contributed by atoms with Gasteiger partial charge in [-0.3, -0.25) is 14.7 Å². The maximum atomic E-state index is 12.9. The molecular weight excluding hydrogens is 290 g/mol.